The summed E-state index contributed by atoms with van der Waals surface area (Å²) in [5.74, 6) is 0.606. The van der Waals surface area contributed by atoms with Gasteiger partial charge < -0.3 is 0 Å². The van der Waals surface area contributed by atoms with Gasteiger partial charge in [0.05, 0.1) is 0 Å². The highest BCUT2D eigenvalue weighted by Crippen LogP contribution is 2.15. The topological polar surface area (TPSA) is 0 Å². The maximum atomic E-state index is 3.94. The number of rotatable bonds is 4. The van der Waals surface area contributed by atoms with Crippen molar-refractivity contribution in [1.29, 1.82) is 0 Å². The molecule has 0 aromatic rings. The van der Waals surface area contributed by atoms with Crippen molar-refractivity contribution in [1.82, 2.24) is 0 Å². The molecule has 58 valence electrons. The third-order valence-corrected chi connectivity index (χ3v) is 1.66. The number of allylic oxidation sites excluding steroid dienone is 3. The first-order valence-electron chi connectivity index (χ1n) is 4.00. The van der Waals surface area contributed by atoms with Gasteiger partial charge in [0.2, 0.25) is 0 Å². The summed E-state index contributed by atoms with van der Waals surface area (Å²) < 4.78 is 0. The van der Waals surface area contributed by atoms with Crippen LogP contribution in [0.1, 0.15) is 33.6 Å². The molecular weight excluding hydrogens is 120 g/mol. The normalized spacial score (nSPS) is 13.9. The lowest BCUT2D eigenvalue weighted by Gasteiger charge is -2.09. The van der Waals surface area contributed by atoms with Gasteiger partial charge in [0.25, 0.3) is 0 Å². The van der Waals surface area contributed by atoms with E-state index >= 15 is 0 Å². The van der Waals surface area contributed by atoms with Gasteiger partial charge in [-0.2, -0.15) is 0 Å². The maximum Gasteiger partial charge on any atom is -0.00289 e. The fourth-order valence-corrected chi connectivity index (χ4v) is 1.05. The van der Waals surface area contributed by atoms with E-state index in [2.05, 4.69) is 39.5 Å². The average molecular weight is 138 g/mol. The van der Waals surface area contributed by atoms with Crippen LogP contribution >= 0.6 is 0 Å². The molecule has 0 spiro atoms. The van der Waals surface area contributed by atoms with Crippen LogP contribution in [0.5, 0.6) is 0 Å². The molecule has 0 aromatic carbocycles. The van der Waals surface area contributed by atoms with Gasteiger partial charge in [0.1, 0.15) is 0 Å². The van der Waals surface area contributed by atoms with Gasteiger partial charge in [-0.1, -0.05) is 37.6 Å². The number of hydrogen-bond donors (Lipinski definition) is 0. The highest BCUT2D eigenvalue weighted by molar-refractivity contribution is 5.05. The van der Waals surface area contributed by atoms with Crippen LogP contribution in [0.4, 0.5) is 0 Å². The SMILES string of the molecule is C=C(C)C(C=CC)CCC. The summed E-state index contributed by atoms with van der Waals surface area (Å²) in [4.78, 5) is 0. The second-order valence-electron chi connectivity index (χ2n) is 2.77. The van der Waals surface area contributed by atoms with Crippen molar-refractivity contribution in [3.63, 3.8) is 0 Å². The van der Waals surface area contributed by atoms with Crippen LogP contribution in [0, 0.1) is 5.92 Å². The highest BCUT2D eigenvalue weighted by Gasteiger charge is 2.01. The molecule has 0 aromatic heterocycles. The average Bonchev–Trinajstić information content (AvgIpc) is 1.87. The largest absolute Gasteiger partial charge is 0.0995 e. The Kier molecular flexibility index (Phi) is 5.00. The molecule has 0 rings (SSSR count). The summed E-state index contributed by atoms with van der Waals surface area (Å²) in [6.45, 7) is 10.3. The van der Waals surface area contributed by atoms with Crippen LogP contribution in [0.3, 0.4) is 0 Å². The van der Waals surface area contributed by atoms with E-state index in [1.807, 2.05) is 0 Å². The summed E-state index contributed by atoms with van der Waals surface area (Å²) in [6.07, 6.45) is 6.81. The Bertz CT molecular complexity index is 120. The molecule has 0 heterocycles. The van der Waals surface area contributed by atoms with Crippen LogP contribution in [0.2, 0.25) is 0 Å². The van der Waals surface area contributed by atoms with Gasteiger partial charge in [-0.3, -0.25) is 0 Å². The van der Waals surface area contributed by atoms with Gasteiger partial charge in [-0.15, -0.1) is 0 Å². The third kappa shape index (κ3) is 3.49. The lowest BCUT2D eigenvalue weighted by atomic mass is 9.96. The van der Waals surface area contributed by atoms with E-state index in [0.717, 1.165) is 0 Å². The fraction of sp³-hybridized carbons (Fsp3) is 0.600. The van der Waals surface area contributed by atoms with E-state index in [9.17, 15) is 0 Å². The standard InChI is InChI=1S/C10H18/c1-5-7-10(8-6-2)9(3)4/h5,7,10H,3,6,8H2,1-2,4H3. The van der Waals surface area contributed by atoms with Gasteiger partial charge in [-0.25, -0.2) is 0 Å². The second kappa shape index (κ2) is 5.28. The Balaban J connectivity index is 3.85. The van der Waals surface area contributed by atoms with Crippen molar-refractivity contribution in [3.05, 3.63) is 24.3 Å². The molecule has 0 amide bonds. The monoisotopic (exact) mass is 138 g/mol. The van der Waals surface area contributed by atoms with Gasteiger partial charge in [-0.05, 0) is 26.2 Å². The zero-order valence-electron chi connectivity index (χ0n) is 7.35. The molecule has 0 aliphatic heterocycles. The lowest BCUT2D eigenvalue weighted by molar-refractivity contribution is 0.659. The molecule has 0 aliphatic rings. The first kappa shape index (κ1) is 9.48. The first-order chi connectivity index (χ1) is 4.72. The van der Waals surface area contributed by atoms with Crippen molar-refractivity contribution in [3.8, 4) is 0 Å². The molecule has 0 bridgehead atoms. The molecule has 0 aliphatic carbocycles. The Morgan fingerprint density at radius 1 is 1.60 bits per heavy atom. The molecule has 0 saturated heterocycles. The molecule has 0 N–H and O–H groups in total. The van der Waals surface area contributed by atoms with Crippen molar-refractivity contribution in [2.75, 3.05) is 0 Å². The molecular formula is C10H18. The predicted octanol–water partition coefficient (Wildman–Crippen LogP) is 3.55. The van der Waals surface area contributed by atoms with Crippen LogP contribution in [0.15, 0.2) is 24.3 Å². The quantitative estimate of drug-likeness (QED) is 0.521. The van der Waals surface area contributed by atoms with E-state index in [4.69, 9.17) is 0 Å². The smallest absolute Gasteiger partial charge is 0.00289 e. The zero-order chi connectivity index (χ0) is 7.98. The minimum absolute atomic E-state index is 0.606. The Morgan fingerprint density at radius 2 is 2.20 bits per heavy atom. The van der Waals surface area contributed by atoms with Crippen LogP contribution in [-0.4, -0.2) is 0 Å². The first-order valence-corrected chi connectivity index (χ1v) is 4.00. The summed E-state index contributed by atoms with van der Waals surface area (Å²) in [5.41, 5.74) is 1.28. The molecule has 0 radical (unpaired) electrons. The Labute approximate surface area is 64.6 Å². The van der Waals surface area contributed by atoms with Crippen molar-refractivity contribution < 1.29 is 0 Å². The van der Waals surface area contributed by atoms with Crippen molar-refractivity contribution in [2.24, 2.45) is 5.92 Å². The van der Waals surface area contributed by atoms with Crippen molar-refractivity contribution in [2.45, 2.75) is 33.6 Å². The minimum atomic E-state index is 0.606. The van der Waals surface area contributed by atoms with Crippen LogP contribution in [-0.2, 0) is 0 Å². The summed E-state index contributed by atoms with van der Waals surface area (Å²) >= 11 is 0. The third-order valence-electron chi connectivity index (χ3n) is 1.66. The molecule has 0 saturated carbocycles. The summed E-state index contributed by atoms with van der Waals surface area (Å²) in [5, 5.41) is 0. The van der Waals surface area contributed by atoms with Gasteiger partial charge >= 0.3 is 0 Å². The van der Waals surface area contributed by atoms with E-state index in [0.29, 0.717) is 5.92 Å². The number of hydrogen-bond acceptors (Lipinski definition) is 0. The fourth-order valence-electron chi connectivity index (χ4n) is 1.05. The Morgan fingerprint density at radius 3 is 2.50 bits per heavy atom. The summed E-state index contributed by atoms with van der Waals surface area (Å²) in [7, 11) is 0. The molecule has 0 nitrogen and oxygen atoms in total. The molecule has 0 fully saturated rings. The van der Waals surface area contributed by atoms with E-state index in [-0.39, 0.29) is 0 Å². The van der Waals surface area contributed by atoms with E-state index in [1.54, 1.807) is 0 Å². The van der Waals surface area contributed by atoms with Crippen LogP contribution in [0.25, 0.3) is 0 Å². The molecule has 10 heavy (non-hydrogen) atoms. The van der Waals surface area contributed by atoms with Gasteiger partial charge in [0, 0.05) is 0 Å². The minimum Gasteiger partial charge on any atom is -0.0995 e. The van der Waals surface area contributed by atoms with Crippen molar-refractivity contribution >= 4 is 0 Å². The second-order valence-corrected chi connectivity index (χ2v) is 2.77. The lowest BCUT2D eigenvalue weighted by Crippen LogP contribution is -1.95. The molecule has 0 heteroatoms. The zero-order valence-corrected chi connectivity index (χ0v) is 7.35. The Hall–Kier alpha value is -0.520. The highest BCUT2D eigenvalue weighted by atomic mass is 14.1. The maximum absolute atomic E-state index is 3.94. The predicted molar refractivity (Wildman–Crippen MR) is 48.0 cm³/mol. The molecule has 1 unspecified atom stereocenters. The van der Waals surface area contributed by atoms with Gasteiger partial charge in [0.15, 0.2) is 0 Å². The molecule has 1 atom stereocenters. The van der Waals surface area contributed by atoms with Crippen LogP contribution < -0.4 is 0 Å². The van der Waals surface area contributed by atoms with E-state index in [1.165, 1.54) is 18.4 Å². The summed E-state index contributed by atoms with van der Waals surface area (Å²) in [6, 6.07) is 0. The van der Waals surface area contributed by atoms with E-state index < -0.39 is 0 Å².